The molecular weight excluding hydrogens is 709 g/mol. The van der Waals surface area contributed by atoms with Crippen molar-refractivity contribution in [3.8, 4) is 0 Å². The lowest BCUT2D eigenvalue weighted by Crippen LogP contribution is -2.30. The van der Waals surface area contributed by atoms with Gasteiger partial charge in [-0.05, 0) is 103 Å². The molecule has 324 valence electrons. The summed E-state index contributed by atoms with van der Waals surface area (Å²) in [5, 5.41) is 0. The largest absolute Gasteiger partial charge is 0.462 e. The minimum atomic E-state index is -0.802. The van der Waals surface area contributed by atoms with Crippen molar-refractivity contribution in [3.05, 3.63) is 85.1 Å². The second kappa shape index (κ2) is 45.3. The van der Waals surface area contributed by atoms with Gasteiger partial charge in [-0.15, -0.1) is 0 Å². The first-order valence-electron chi connectivity index (χ1n) is 23.1. The van der Waals surface area contributed by atoms with Crippen LogP contribution < -0.4 is 0 Å². The highest BCUT2D eigenvalue weighted by Crippen LogP contribution is 2.12. The van der Waals surface area contributed by atoms with E-state index in [4.69, 9.17) is 14.2 Å². The summed E-state index contributed by atoms with van der Waals surface area (Å²) in [6.07, 6.45) is 57.1. The maximum absolute atomic E-state index is 12.7. The van der Waals surface area contributed by atoms with Gasteiger partial charge in [-0.3, -0.25) is 14.4 Å². The average molecular weight is 793 g/mol. The summed E-state index contributed by atoms with van der Waals surface area (Å²) in [7, 11) is 0. The first-order valence-corrected chi connectivity index (χ1v) is 23.1. The van der Waals surface area contributed by atoms with Crippen molar-refractivity contribution in [3.63, 3.8) is 0 Å². The molecule has 57 heavy (non-hydrogen) atoms. The number of rotatable bonds is 40. The topological polar surface area (TPSA) is 78.9 Å². The van der Waals surface area contributed by atoms with Gasteiger partial charge in [-0.2, -0.15) is 0 Å². The Morgan fingerprint density at radius 1 is 0.368 bits per heavy atom. The molecule has 0 spiro atoms. The number of allylic oxidation sites excluding steroid dienone is 14. The summed E-state index contributed by atoms with van der Waals surface area (Å²) in [5.74, 6) is -0.977. The summed E-state index contributed by atoms with van der Waals surface area (Å²) in [5.41, 5.74) is 0. The van der Waals surface area contributed by atoms with E-state index in [0.717, 1.165) is 128 Å². The Morgan fingerprint density at radius 2 is 0.719 bits per heavy atom. The number of esters is 3. The Morgan fingerprint density at radius 3 is 1.19 bits per heavy atom. The summed E-state index contributed by atoms with van der Waals surface area (Å²) < 4.78 is 16.7. The molecule has 0 aromatic heterocycles. The number of unbranched alkanes of at least 4 members (excludes halogenated alkanes) is 15. The van der Waals surface area contributed by atoms with Crippen LogP contribution in [0.4, 0.5) is 0 Å². The second-order valence-corrected chi connectivity index (χ2v) is 14.9. The van der Waals surface area contributed by atoms with Gasteiger partial charge in [0, 0.05) is 19.3 Å². The van der Waals surface area contributed by atoms with Crippen LogP contribution in [-0.2, 0) is 28.6 Å². The zero-order chi connectivity index (χ0) is 41.5. The molecule has 0 N–H and O–H groups in total. The van der Waals surface area contributed by atoms with Gasteiger partial charge < -0.3 is 14.2 Å². The molecule has 0 aliphatic carbocycles. The van der Waals surface area contributed by atoms with Gasteiger partial charge in [-0.25, -0.2) is 0 Å². The van der Waals surface area contributed by atoms with E-state index in [1.165, 1.54) is 32.1 Å². The first kappa shape index (κ1) is 53.6. The van der Waals surface area contributed by atoms with Crippen molar-refractivity contribution in [2.75, 3.05) is 13.2 Å². The summed E-state index contributed by atoms with van der Waals surface area (Å²) in [6.45, 7) is 6.34. The van der Waals surface area contributed by atoms with Crippen LogP contribution in [0.5, 0.6) is 0 Å². The van der Waals surface area contributed by atoms with Crippen molar-refractivity contribution in [2.45, 2.75) is 207 Å². The normalized spacial score (nSPS) is 12.8. The highest BCUT2D eigenvalue weighted by molar-refractivity contribution is 5.71. The van der Waals surface area contributed by atoms with Gasteiger partial charge in [0.25, 0.3) is 0 Å². The third kappa shape index (κ3) is 43.6. The van der Waals surface area contributed by atoms with E-state index in [0.29, 0.717) is 19.3 Å². The lowest BCUT2D eigenvalue weighted by atomic mass is 10.1. The van der Waals surface area contributed by atoms with E-state index < -0.39 is 6.10 Å². The fourth-order valence-electron chi connectivity index (χ4n) is 5.86. The Hall–Kier alpha value is -3.41. The monoisotopic (exact) mass is 793 g/mol. The van der Waals surface area contributed by atoms with Gasteiger partial charge in [0.15, 0.2) is 6.10 Å². The van der Waals surface area contributed by atoms with Crippen LogP contribution in [0.2, 0.25) is 0 Å². The van der Waals surface area contributed by atoms with Crippen molar-refractivity contribution < 1.29 is 28.6 Å². The van der Waals surface area contributed by atoms with Gasteiger partial charge in [-0.1, -0.05) is 164 Å². The molecule has 0 saturated heterocycles. The van der Waals surface area contributed by atoms with Crippen LogP contribution in [-0.4, -0.2) is 37.2 Å². The van der Waals surface area contributed by atoms with E-state index in [9.17, 15) is 14.4 Å². The summed E-state index contributed by atoms with van der Waals surface area (Å²) >= 11 is 0. The molecule has 0 aliphatic heterocycles. The molecule has 6 heteroatoms. The fraction of sp³-hybridized carbons (Fsp3) is 0.667. The highest BCUT2D eigenvalue weighted by atomic mass is 16.6. The molecule has 0 heterocycles. The Kier molecular flexibility index (Phi) is 42.6. The van der Waals surface area contributed by atoms with Crippen molar-refractivity contribution in [1.82, 2.24) is 0 Å². The van der Waals surface area contributed by atoms with Gasteiger partial charge >= 0.3 is 17.9 Å². The number of ether oxygens (including phenoxy) is 3. The lowest BCUT2D eigenvalue weighted by molar-refractivity contribution is -0.167. The van der Waals surface area contributed by atoms with Crippen LogP contribution in [0.25, 0.3) is 0 Å². The van der Waals surface area contributed by atoms with Crippen molar-refractivity contribution in [1.29, 1.82) is 0 Å². The van der Waals surface area contributed by atoms with E-state index in [2.05, 4.69) is 106 Å². The standard InChI is InChI=1S/C51H84O6/c1-4-7-10-13-16-19-22-24-26-28-29-32-35-38-41-44-50(53)56-47-48(46-55-49(52)43-40-37-34-31-21-18-15-12-9-6-3)57-51(54)45-42-39-36-33-30-27-25-23-20-17-14-11-8-5-2/h7,10,12,14-17,19,23-26,29,32,48H,4-6,8-9,11,13,18,20-22,27-28,30-31,33-47H2,1-3H3/b10-7-,15-12-,17-14-,19-16-,25-23-,26-24-,32-29-. The molecule has 0 aromatic carbocycles. The zero-order valence-corrected chi connectivity index (χ0v) is 36.8. The molecule has 0 bridgehead atoms. The third-order valence-electron chi connectivity index (χ3n) is 9.33. The Balaban J connectivity index is 4.49. The molecular formula is C51H84O6. The molecule has 0 amide bonds. The molecule has 0 radical (unpaired) electrons. The zero-order valence-electron chi connectivity index (χ0n) is 36.8. The quantitative estimate of drug-likeness (QED) is 0.0266. The van der Waals surface area contributed by atoms with Crippen LogP contribution in [0.15, 0.2) is 85.1 Å². The van der Waals surface area contributed by atoms with E-state index in [-0.39, 0.29) is 31.1 Å². The summed E-state index contributed by atoms with van der Waals surface area (Å²) in [4.78, 5) is 37.7. The predicted molar refractivity (Wildman–Crippen MR) is 242 cm³/mol. The minimum Gasteiger partial charge on any atom is -0.462 e. The van der Waals surface area contributed by atoms with Crippen molar-refractivity contribution in [2.24, 2.45) is 0 Å². The number of hydrogen-bond acceptors (Lipinski definition) is 6. The summed E-state index contributed by atoms with van der Waals surface area (Å²) in [6, 6.07) is 0. The fourth-order valence-corrected chi connectivity index (χ4v) is 5.86. The van der Waals surface area contributed by atoms with E-state index >= 15 is 0 Å². The maximum Gasteiger partial charge on any atom is 0.306 e. The molecule has 0 rings (SSSR count). The van der Waals surface area contributed by atoms with Gasteiger partial charge in [0.1, 0.15) is 13.2 Å². The smallest absolute Gasteiger partial charge is 0.306 e. The Labute approximate surface area is 350 Å². The minimum absolute atomic E-state index is 0.101. The van der Waals surface area contributed by atoms with Crippen LogP contribution in [0.1, 0.15) is 201 Å². The van der Waals surface area contributed by atoms with E-state index in [1.807, 2.05) is 0 Å². The molecule has 0 aromatic rings. The van der Waals surface area contributed by atoms with Crippen molar-refractivity contribution >= 4 is 17.9 Å². The van der Waals surface area contributed by atoms with Gasteiger partial charge in [0.05, 0.1) is 0 Å². The first-order chi connectivity index (χ1) is 28.0. The lowest BCUT2D eigenvalue weighted by Gasteiger charge is -2.18. The molecule has 0 fully saturated rings. The molecule has 0 aliphatic rings. The SMILES string of the molecule is CC/C=C\C/C=C\C/C=C\C/C=C\CCCCC(=O)OCC(COC(=O)CCCCCCC/C=C\CCC)OC(=O)CCCCCCC/C=C\C/C=C\CCCC. The van der Waals surface area contributed by atoms with Gasteiger partial charge in [0.2, 0.25) is 0 Å². The predicted octanol–water partition coefficient (Wildman–Crippen LogP) is 14.9. The number of carbonyl (C=O) groups excluding carboxylic acids is 3. The molecule has 0 saturated carbocycles. The molecule has 1 atom stereocenters. The average Bonchev–Trinajstić information content (AvgIpc) is 3.21. The van der Waals surface area contributed by atoms with Crippen LogP contribution in [0, 0.1) is 0 Å². The number of carbonyl (C=O) groups is 3. The second-order valence-electron chi connectivity index (χ2n) is 14.9. The maximum atomic E-state index is 12.7. The molecule has 6 nitrogen and oxygen atoms in total. The molecule has 1 unspecified atom stereocenters. The van der Waals surface area contributed by atoms with Crippen LogP contribution >= 0.6 is 0 Å². The van der Waals surface area contributed by atoms with Crippen LogP contribution in [0.3, 0.4) is 0 Å². The number of hydrogen-bond donors (Lipinski definition) is 0. The third-order valence-corrected chi connectivity index (χ3v) is 9.33. The van der Waals surface area contributed by atoms with E-state index in [1.54, 1.807) is 0 Å². The highest BCUT2D eigenvalue weighted by Gasteiger charge is 2.19. The Bertz CT molecular complexity index is 1140.